The molecule has 0 rings (SSSR count). The molecule has 0 radical (unpaired) electrons. The summed E-state index contributed by atoms with van der Waals surface area (Å²) in [5, 5.41) is 0. The maximum Gasteiger partial charge on any atom is 0.366 e. The Morgan fingerprint density at radius 2 is 1.43 bits per heavy atom. The Kier molecular flexibility index (Phi) is 12.3. The third-order valence-corrected chi connectivity index (χ3v) is 4.20. The Balaban J connectivity index is 3.45. The molecule has 0 unspecified atom stereocenters. The summed E-state index contributed by atoms with van der Waals surface area (Å²) in [6.07, 6.45) is 12.0. The fourth-order valence-electron chi connectivity index (χ4n) is 1.92. The Bertz CT molecular complexity index is 376. The summed E-state index contributed by atoms with van der Waals surface area (Å²) in [5.74, 6) is -1.05. The zero-order chi connectivity index (χ0) is 16.0. The largest absolute Gasteiger partial charge is 0.366 e. The number of carbonyl (C=O) groups is 1. The van der Waals surface area contributed by atoms with Crippen LogP contribution >= 0.6 is 0 Å². The van der Waals surface area contributed by atoms with Crippen molar-refractivity contribution in [2.45, 2.75) is 71.1 Å². The molecule has 0 fully saturated rings. The van der Waals surface area contributed by atoms with Crippen LogP contribution < -0.4 is 0 Å². The summed E-state index contributed by atoms with van der Waals surface area (Å²) in [6, 6.07) is 0. The van der Waals surface area contributed by atoms with E-state index in [-0.39, 0.29) is 5.75 Å². The minimum atomic E-state index is -3.79. The fourth-order valence-corrected chi connectivity index (χ4v) is 2.72. The van der Waals surface area contributed by atoms with Gasteiger partial charge in [-0.05, 0) is 6.42 Å². The van der Waals surface area contributed by atoms with Crippen LogP contribution in [0.2, 0.25) is 0 Å². The number of carbonyl (C=O) groups excluding carboxylic acids is 1. The van der Waals surface area contributed by atoms with Crippen LogP contribution in [0.5, 0.6) is 0 Å². The van der Waals surface area contributed by atoms with Crippen LogP contribution in [0.3, 0.4) is 0 Å². The number of unbranched alkanes of at least 4 members (excludes halogenated alkanes) is 9. The average Bonchev–Trinajstić information content (AvgIpc) is 2.46. The Morgan fingerprint density at radius 3 is 1.90 bits per heavy atom. The molecule has 0 aliphatic rings. The lowest BCUT2D eigenvalue weighted by Crippen LogP contribution is -2.13. The van der Waals surface area contributed by atoms with E-state index < -0.39 is 16.1 Å². The van der Waals surface area contributed by atoms with Gasteiger partial charge in [0.25, 0.3) is 0 Å². The molecule has 0 saturated carbocycles. The first-order chi connectivity index (χ1) is 10.0. The van der Waals surface area contributed by atoms with Gasteiger partial charge in [0.2, 0.25) is 0 Å². The van der Waals surface area contributed by atoms with E-state index in [1.807, 2.05) is 0 Å². The van der Waals surface area contributed by atoms with Gasteiger partial charge >= 0.3 is 16.1 Å². The molecule has 21 heavy (non-hydrogen) atoms. The minimum absolute atomic E-state index is 0.131. The van der Waals surface area contributed by atoms with Crippen molar-refractivity contribution in [1.29, 1.82) is 0 Å². The summed E-state index contributed by atoms with van der Waals surface area (Å²) < 4.78 is 26.8. The maximum atomic E-state index is 11.4. The van der Waals surface area contributed by atoms with E-state index in [2.05, 4.69) is 22.7 Å². The van der Waals surface area contributed by atoms with Gasteiger partial charge in [-0.25, -0.2) is 4.79 Å². The van der Waals surface area contributed by atoms with Crippen molar-refractivity contribution in [3.63, 3.8) is 0 Å². The number of hydrogen-bond donors (Lipinski definition) is 0. The number of rotatable bonds is 14. The monoisotopic (exact) mass is 320 g/mol. The van der Waals surface area contributed by atoms with Crippen molar-refractivity contribution in [2.75, 3.05) is 5.75 Å². The zero-order valence-electron chi connectivity index (χ0n) is 13.0. The van der Waals surface area contributed by atoms with Crippen molar-refractivity contribution in [1.82, 2.24) is 0 Å². The van der Waals surface area contributed by atoms with Crippen molar-refractivity contribution < 1.29 is 22.4 Å². The SMILES string of the molecule is C=CC(=O)OOS(=O)(=O)CCCCCCCCCCCC. The molecule has 0 aromatic heterocycles. The molecule has 0 bridgehead atoms. The van der Waals surface area contributed by atoms with Gasteiger partial charge in [-0.1, -0.05) is 75.6 Å². The minimum Gasteiger partial charge on any atom is -0.277 e. The first kappa shape index (κ1) is 20.1. The third-order valence-electron chi connectivity index (χ3n) is 3.13. The molecule has 0 aliphatic carbocycles. The van der Waals surface area contributed by atoms with Crippen LogP contribution in [0.1, 0.15) is 71.1 Å². The Hall–Kier alpha value is -0.880. The van der Waals surface area contributed by atoms with Gasteiger partial charge in [-0.2, -0.15) is 8.42 Å². The first-order valence-electron chi connectivity index (χ1n) is 7.77. The smallest absolute Gasteiger partial charge is 0.277 e. The van der Waals surface area contributed by atoms with E-state index in [9.17, 15) is 13.2 Å². The predicted molar refractivity (Wildman–Crippen MR) is 83.0 cm³/mol. The van der Waals surface area contributed by atoms with E-state index in [0.717, 1.165) is 25.3 Å². The molecule has 0 aromatic carbocycles. The molecule has 0 spiro atoms. The molecule has 6 heteroatoms. The molecule has 0 amide bonds. The van der Waals surface area contributed by atoms with E-state index in [1.165, 1.54) is 38.5 Å². The fraction of sp³-hybridized carbons (Fsp3) is 0.800. The van der Waals surface area contributed by atoms with Crippen LogP contribution in [0.15, 0.2) is 12.7 Å². The van der Waals surface area contributed by atoms with E-state index in [4.69, 9.17) is 0 Å². The summed E-state index contributed by atoms with van der Waals surface area (Å²) in [4.78, 5) is 14.7. The van der Waals surface area contributed by atoms with Crippen LogP contribution in [-0.4, -0.2) is 20.1 Å². The molecule has 0 N–H and O–H groups in total. The van der Waals surface area contributed by atoms with E-state index in [1.54, 1.807) is 0 Å². The van der Waals surface area contributed by atoms with E-state index in [0.29, 0.717) is 6.42 Å². The van der Waals surface area contributed by atoms with Gasteiger partial charge in [0.15, 0.2) is 0 Å². The summed E-state index contributed by atoms with van der Waals surface area (Å²) in [5.41, 5.74) is 0. The highest BCUT2D eigenvalue weighted by molar-refractivity contribution is 7.86. The van der Waals surface area contributed by atoms with Gasteiger partial charge < -0.3 is 0 Å². The first-order valence-corrected chi connectivity index (χ1v) is 9.34. The second-order valence-corrected chi connectivity index (χ2v) is 6.78. The topological polar surface area (TPSA) is 69.7 Å². The molecule has 5 nitrogen and oxygen atoms in total. The molecule has 0 aliphatic heterocycles. The van der Waals surface area contributed by atoms with Crippen molar-refractivity contribution in [2.24, 2.45) is 0 Å². The van der Waals surface area contributed by atoms with Gasteiger partial charge in [0, 0.05) is 6.08 Å². The van der Waals surface area contributed by atoms with Gasteiger partial charge in [0.1, 0.15) is 0 Å². The molecule has 0 aromatic rings. The zero-order valence-corrected chi connectivity index (χ0v) is 13.8. The summed E-state index contributed by atoms with van der Waals surface area (Å²) in [7, 11) is -3.79. The predicted octanol–water partition coefficient (Wildman–Crippen LogP) is 3.90. The average molecular weight is 320 g/mol. The molecule has 0 saturated heterocycles. The summed E-state index contributed by atoms with van der Waals surface area (Å²) >= 11 is 0. The highest BCUT2D eigenvalue weighted by atomic mass is 32.2. The standard InChI is InChI=1S/C15H28O5S/c1-3-5-6-7-8-9-10-11-12-13-14-21(17,18)20-19-15(16)4-2/h4H,2-3,5-14H2,1H3. The van der Waals surface area contributed by atoms with Gasteiger partial charge in [0.05, 0.1) is 5.75 Å². The van der Waals surface area contributed by atoms with Crippen molar-refractivity contribution >= 4 is 16.1 Å². The third kappa shape index (κ3) is 13.8. The highest BCUT2D eigenvalue weighted by Crippen LogP contribution is 2.11. The lowest BCUT2D eigenvalue weighted by Gasteiger charge is -2.03. The Labute approximate surface area is 128 Å². The van der Waals surface area contributed by atoms with Crippen LogP contribution in [0.25, 0.3) is 0 Å². The van der Waals surface area contributed by atoms with Crippen molar-refractivity contribution in [3.05, 3.63) is 12.7 Å². The molecule has 0 atom stereocenters. The summed E-state index contributed by atoms with van der Waals surface area (Å²) in [6.45, 7) is 5.34. The van der Waals surface area contributed by atoms with Gasteiger partial charge in [-0.15, -0.1) is 0 Å². The Morgan fingerprint density at radius 1 is 0.952 bits per heavy atom. The second-order valence-electron chi connectivity index (χ2n) is 5.12. The highest BCUT2D eigenvalue weighted by Gasteiger charge is 2.14. The lowest BCUT2D eigenvalue weighted by atomic mass is 10.1. The molecule has 0 heterocycles. The van der Waals surface area contributed by atoms with Crippen LogP contribution in [-0.2, 0) is 24.1 Å². The molecule has 124 valence electrons. The molecular formula is C15H28O5S. The quantitative estimate of drug-likeness (QED) is 0.210. The maximum absolute atomic E-state index is 11.4. The van der Waals surface area contributed by atoms with Crippen LogP contribution in [0.4, 0.5) is 0 Å². The number of hydrogen-bond acceptors (Lipinski definition) is 5. The van der Waals surface area contributed by atoms with E-state index >= 15 is 0 Å². The normalized spacial score (nSPS) is 11.3. The molecular weight excluding hydrogens is 292 g/mol. The lowest BCUT2D eigenvalue weighted by molar-refractivity contribution is -0.204. The van der Waals surface area contributed by atoms with Crippen molar-refractivity contribution in [3.8, 4) is 0 Å². The second kappa shape index (κ2) is 12.8. The van der Waals surface area contributed by atoms with Crippen LogP contribution in [0, 0.1) is 0 Å². The van der Waals surface area contributed by atoms with Gasteiger partial charge in [-0.3, -0.25) is 4.89 Å².